The Morgan fingerprint density at radius 2 is 2.04 bits per heavy atom. The molecule has 1 aliphatic carbocycles. The molecular formula is C21H29NO2. The first-order chi connectivity index (χ1) is 11.2. The molecule has 3 rings (SSSR count). The van der Waals surface area contributed by atoms with Gasteiger partial charge in [0.05, 0.1) is 11.1 Å². The summed E-state index contributed by atoms with van der Waals surface area (Å²) in [5.41, 5.74) is 4.41. The number of fused-ring (bicyclic) bond motifs is 3. The number of para-hydroxylation sites is 1. The number of nitrogens with zero attached hydrogens (tertiary/aromatic N) is 1. The van der Waals surface area contributed by atoms with Crippen molar-refractivity contribution in [2.45, 2.75) is 60.4 Å². The number of carbonyl (C=O) groups is 1. The maximum Gasteiger partial charge on any atom is 0.337 e. The first-order valence-corrected chi connectivity index (χ1v) is 9.06. The van der Waals surface area contributed by atoms with Gasteiger partial charge < -0.3 is 9.67 Å². The minimum Gasteiger partial charge on any atom is -0.478 e. The summed E-state index contributed by atoms with van der Waals surface area (Å²) in [6, 6.07) is 5.75. The molecule has 3 nitrogen and oxygen atoms in total. The minimum absolute atomic E-state index is 0.286. The quantitative estimate of drug-likeness (QED) is 0.847. The summed E-state index contributed by atoms with van der Waals surface area (Å²) in [4.78, 5) is 11.8. The van der Waals surface area contributed by atoms with Crippen LogP contribution in [0.15, 0.2) is 18.2 Å². The second kappa shape index (κ2) is 5.94. The molecular weight excluding hydrogens is 298 g/mol. The first kappa shape index (κ1) is 17.1. The summed E-state index contributed by atoms with van der Waals surface area (Å²) >= 11 is 0. The number of aromatic carboxylic acids is 1. The van der Waals surface area contributed by atoms with E-state index in [1.807, 2.05) is 6.07 Å². The lowest BCUT2D eigenvalue weighted by Gasteiger charge is -2.34. The number of carboxylic acid groups (broad SMARTS) is 1. The van der Waals surface area contributed by atoms with E-state index in [1.54, 1.807) is 6.07 Å². The van der Waals surface area contributed by atoms with Crippen molar-refractivity contribution >= 4 is 16.9 Å². The Hall–Kier alpha value is -1.77. The molecule has 1 N–H and O–H groups in total. The molecule has 0 saturated carbocycles. The fourth-order valence-corrected chi connectivity index (χ4v) is 4.18. The van der Waals surface area contributed by atoms with Crippen molar-refractivity contribution < 1.29 is 9.90 Å². The molecule has 0 fully saturated rings. The Balaban J connectivity index is 2.24. The minimum atomic E-state index is -0.826. The average molecular weight is 327 g/mol. The molecule has 1 aromatic heterocycles. The standard InChI is InChI=1S/C21H29NO2/c1-13(2)12-22-18-10-9-14(21(3,4)5)11-17(18)15-7-6-8-16(19(15)22)20(23)24/h6-8,13-14H,9-12H2,1-5H3,(H,23,24). The van der Waals surface area contributed by atoms with Gasteiger partial charge in [0.2, 0.25) is 0 Å². The number of rotatable bonds is 3. The van der Waals surface area contributed by atoms with Crippen LogP contribution in [-0.2, 0) is 19.4 Å². The highest BCUT2D eigenvalue weighted by atomic mass is 16.4. The highest BCUT2D eigenvalue weighted by Crippen LogP contribution is 2.42. The summed E-state index contributed by atoms with van der Waals surface area (Å²) < 4.78 is 2.30. The van der Waals surface area contributed by atoms with Crippen LogP contribution in [0.3, 0.4) is 0 Å². The number of carboxylic acids is 1. The fraction of sp³-hybridized carbons (Fsp3) is 0.571. The first-order valence-electron chi connectivity index (χ1n) is 9.06. The van der Waals surface area contributed by atoms with Gasteiger partial charge in [-0.15, -0.1) is 0 Å². The molecule has 1 aliphatic rings. The summed E-state index contributed by atoms with van der Waals surface area (Å²) in [6.07, 6.45) is 3.30. The van der Waals surface area contributed by atoms with Crippen molar-refractivity contribution in [2.24, 2.45) is 17.3 Å². The van der Waals surface area contributed by atoms with Gasteiger partial charge in [-0.25, -0.2) is 4.79 Å². The van der Waals surface area contributed by atoms with E-state index in [4.69, 9.17) is 0 Å². The Labute approximate surface area is 144 Å². The molecule has 0 radical (unpaired) electrons. The van der Waals surface area contributed by atoms with Crippen LogP contribution in [0.1, 0.15) is 62.7 Å². The van der Waals surface area contributed by atoms with Gasteiger partial charge in [-0.2, -0.15) is 0 Å². The van der Waals surface area contributed by atoms with Crippen molar-refractivity contribution in [3.05, 3.63) is 35.0 Å². The van der Waals surface area contributed by atoms with Crippen molar-refractivity contribution in [2.75, 3.05) is 0 Å². The fourth-order valence-electron chi connectivity index (χ4n) is 4.18. The van der Waals surface area contributed by atoms with Crippen molar-refractivity contribution in [3.8, 4) is 0 Å². The molecule has 24 heavy (non-hydrogen) atoms. The lowest BCUT2D eigenvalue weighted by Crippen LogP contribution is -2.27. The molecule has 1 aromatic carbocycles. The lowest BCUT2D eigenvalue weighted by molar-refractivity contribution is 0.0698. The summed E-state index contributed by atoms with van der Waals surface area (Å²) in [5, 5.41) is 10.8. The van der Waals surface area contributed by atoms with Gasteiger partial charge in [0.15, 0.2) is 0 Å². The van der Waals surface area contributed by atoms with Crippen LogP contribution in [0.2, 0.25) is 0 Å². The summed E-state index contributed by atoms with van der Waals surface area (Å²) in [7, 11) is 0. The number of hydrogen-bond donors (Lipinski definition) is 1. The van der Waals surface area contributed by atoms with E-state index < -0.39 is 5.97 Å². The van der Waals surface area contributed by atoms with Crippen LogP contribution < -0.4 is 0 Å². The normalized spacial score (nSPS) is 18.2. The van der Waals surface area contributed by atoms with Gasteiger partial charge in [0, 0.05) is 17.6 Å². The third kappa shape index (κ3) is 2.85. The van der Waals surface area contributed by atoms with Gasteiger partial charge >= 0.3 is 5.97 Å². The van der Waals surface area contributed by atoms with E-state index in [0.717, 1.165) is 30.3 Å². The zero-order valence-corrected chi connectivity index (χ0v) is 15.5. The summed E-state index contributed by atoms with van der Waals surface area (Å²) in [6.45, 7) is 12.2. The molecule has 0 saturated heterocycles. The van der Waals surface area contributed by atoms with E-state index in [2.05, 4.69) is 45.3 Å². The summed E-state index contributed by atoms with van der Waals surface area (Å²) in [5.74, 6) is 0.316. The SMILES string of the molecule is CC(C)Cn1c2c(c3cccc(C(=O)O)c31)CC(C(C)(C)C)CC2. The Morgan fingerprint density at radius 1 is 1.33 bits per heavy atom. The predicted octanol–water partition coefficient (Wildman–Crippen LogP) is 5.15. The Morgan fingerprint density at radius 3 is 2.62 bits per heavy atom. The molecule has 0 bridgehead atoms. The second-order valence-corrected chi connectivity index (χ2v) is 8.74. The maximum absolute atomic E-state index is 11.8. The average Bonchev–Trinajstić information content (AvgIpc) is 2.79. The molecule has 1 unspecified atom stereocenters. The molecule has 0 spiro atoms. The van der Waals surface area contributed by atoms with E-state index >= 15 is 0 Å². The smallest absolute Gasteiger partial charge is 0.337 e. The van der Waals surface area contributed by atoms with Crippen molar-refractivity contribution in [1.29, 1.82) is 0 Å². The van der Waals surface area contributed by atoms with Gasteiger partial charge in [0.25, 0.3) is 0 Å². The van der Waals surface area contributed by atoms with Gasteiger partial charge in [-0.3, -0.25) is 0 Å². The zero-order chi connectivity index (χ0) is 17.6. The van der Waals surface area contributed by atoms with E-state index in [-0.39, 0.29) is 5.41 Å². The van der Waals surface area contributed by atoms with Crippen LogP contribution in [0.25, 0.3) is 10.9 Å². The second-order valence-electron chi connectivity index (χ2n) is 8.74. The van der Waals surface area contributed by atoms with Gasteiger partial charge in [0.1, 0.15) is 0 Å². The van der Waals surface area contributed by atoms with E-state index in [0.29, 0.717) is 17.4 Å². The monoisotopic (exact) mass is 327 g/mol. The molecule has 1 atom stereocenters. The zero-order valence-electron chi connectivity index (χ0n) is 15.5. The van der Waals surface area contributed by atoms with E-state index in [9.17, 15) is 9.90 Å². The Kier molecular flexibility index (Phi) is 4.23. The van der Waals surface area contributed by atoms with Crippen LogP contribution in [0.4, 0.5) is 0 Å². The predicted molar refractivity (Wildman–Crippen MR) is 98.7 cm³/mol. The largest absolute Gasteiger partial charge is 0.478 e. The molecule has 0 aliphatic heterocycles. The van der Waals surface area contributed by atoms with Crippen molar-refractivity contribution in [3.63, 3.8) is 0 Å². The molecule has 1 heterocycles. The number of hydrogen-bond acceptors (Lipinski definition) is 1. The van der Waals surface area contributed by atoms with E-state index in [1.165, 1.54) is 17.7 Å². The third-order valence-corrected chi connectivity index (χ3v) is 5.49. The third-order valence-electron chi connectivity index (χ3n) is 5.49. The van der Waals surface area contributed by atoms with Crippen LogP contribution >= 0.6 is 0 Å². The molecule has 130 valence electrons. The molecule has 3 heteroatoms. The van der Waals surface area contributed by atoms with Gasteiger partial charge in [-0.05, 0) is 48.1 Å². The highest BCUT2D eigenvalue weighted by Gasteiger charge is 2.32. The topological polar surface area (TPSA) is 42.2 Å². The molecule has 2 aromatic rings. The number of aromatic nitrogens is 1. The van der Waals surface area contributed by atoms with Crippen LogP contribution in [0, 0.1) is 17.3 Å². The van der Waals surface area contributed by atoms with Crippen molar-refractivity contribution in [1.82, 2.24) is 4.57 Å². The number of benzene rings is 1. The maximum atomic E-state index is 11.8. The molecule has 0 amide bonds. The van der Waals surface area contributed by atoms with Gasteiger partial charge in [-0.1, -0.05) is 46.8 Å². The van der Waals surface area contributed by atoms with Crippen LogP contribution in [0.5, 0.6) is 0 Å². The lowest BCUT2D eigenvalue weighted by atomic mass is 9.71. The van der Waals surface area contributed by atoms with Crippen LogP contribution in [-0.4, -0.2) is 15.6 Å². The highest BCUT2D eigenvalue weighted by molar-refractivity contribution is 6.04. The Bertz CT molecular complexity index is 777.